The summed E-state index contributed by atoms with van der Waals surface area (Å²) in [6, 6.07) is 5.55. The summed E-state index contributed by atoms with van der Waals surface area (Å²) in [5, 5.41) is 2.66. The zero-order valence-electron chi connectivity index (χ0n) is 16.6. The molecule has 3 rings (SSSR count). The van der Waals surface area contributed by atoms with Gasteiger partial charge >= 0.3 is 17.8 Å². The van der Waals surface area contributed by atoms with E-state index in [9.17, 15) is 24.0 Å². The highest BCUT2D eigenvalue weighted by atomic mass is 16.2. The Bertz CT molecular complexity index is 848. The first kappa shape index (κ1) is 20.7. The zero-order valence-corrected chi connectivity index (χ0v) is 16.6. The average Bonchev–Trinajstić information content (AvgIpc) is 2.90. The lowest BCUT2D eigenvalue weighted by atomic mass is 9.85. The molecule has 0 bridgehead atoms. The van der Waals surface area contributed by atoms with Crippen molar-refractivity contribution in [1.29, 1.82) is 0 Å². The topological polar surface area (TPSA) is 104 Å². The molecule has 8 nitrogen and oxygen atoms in total. The summed E-state index contributed by atoms with van der Waals surface area (Å²) in [5.41, 5.74) is 1.15. The molecule has 1 aromatic carbocycles. The molecule has 1 aromatic rings. The minimum absolute atomic E-state index is 0.135. The number of Topliss-reactive ketones (excluding diaryl/α,β-unsaturated/α-hetero) is 1. The molecule has 2 atom stereocenters. The molecule has 154 valence electrons. The predicted octanol–water partition coefficient (Wildman–Crippen LogP) is 1.87. The molecule has 2 aliphatic rings. The van der Waals surface area contributed by atoms with Gasteiger partial charge < -0.3 is 5.32 Å². The molecule has 1 N–H and O–H groups in total. The number of benzene rings is 1. The van der Waals surface area contributed by atoms with E-state index in [-0.39, 0.29) is 17.9 Å². The van der Waals surface area contributed by atoms with E-state index in [1.54, 1.807) is 24.3 Å². The maximum absolute atomic E-state index is 12.8. The number of nitrogens with zero attached hydrogens (tertiary/aromatic N) is 2. The molecule has 0 radical (unpaired) electrons. The number of amides is 5. The average molecular weight is 399 g/mol. The van der Waals surface area contributed by atoms with Crippen LogP contribution in [0.5, 0.6) is 0 Å². The third-order valence-electron chi connectivity index (χ3n) is 5.60. The van der Waals surface area contributed by atoms with Crippen molar-refractivity contribution in [3.63, 3.8) is 0 Å². The molecule has 1 aliphatic carbocycles. The number of carbonyl (C=O) groups excluding carboxylic acids is 5. The molecule has 1 aliphatic heterocycles. The van der Waals surface area contributed by atoms with Crippen molar-refractivity contribution >= 4 is 29.5 Å². The minimum atomic E-state index is -0.941. The van der Waals surface area contributed by atoms with Crippen LogP contribution in [0.2, 0.25) is 0 Å². The van der Waals surface area contributed by atoms with Crippen molar-refractivity contribution in [2.24, 2.45) is 5.92 Å². The van der Waals surface area contributed by atoms with Gasteiger partial charge in [-0.1, -0.05) is 44.0 Å². The lowest BCUT2D eigenvalue weighted by molar-refractivity contribution is -0.144. The monoisotopic (exact) mass is 399 g/mol. The first-order valence-corrected chi connectivity index (χ1v) is 9.85. The fourth-order valence-electron chi connectivity index (χ4n) is 3.90. The molecule has 0 aromatic heterocycles. The first-order valence-electron chi connectivity index (χ1n) is 9.85. The second kappa shape index (κ2) is 8.55. The number of imide groups is 2. The van der Waals surface area contributed by atoms with Gasteiger partial charge in [0, 0.05) is 25.1 Å². The fourth-order valence-corrected chi connectivity index (χ4v) is 3.90. The van der Waals surface area contributed by atoms with E-state index in [1.807, 2.05) is 6.92 Å². The smallest absolute Gasteiger partial charge is 0.334 e. The van der Waals surface area contributed by atoms with Crippen LogP contribution in [0, 0.1) is 5.92 Å². The first-order chi connectivity index (χ1) is 13.8. The van der Waals surface area contributed by atoms with Gasteiger partial charge in [-0.3, -0.25) is 24.1 Å². The molecule has 1 heterocycles. The van der Waals surface area contributed by atoms with Gasteiger partial charge in [0.15, 0.2) is 5.78 Å². The molecule has 29 heavy (non-hydrogen) atoms. The van der Waals surface area contributed by atoms with Crippen LogP contribution in [0.25, 0.3) is 0 Å². The second-order valence-corrected chi connectivity index (χ2v) is 7.71. The Morgan fingerprint density at radius 2 is 1.69 bits per heavy atom. The zero-order chi connectivity index (χ0) is 21.1. The van der Waals surface area contributed by atoms with Crippen molar-refractivity contribution in [3.05, 3.63) is 35.4 Å². The van der Waals surface area contributed by atoms with Crippen LogP contribution in [0.15, 0.2) is 24.3 Å². The number of hydrogen-bond donors (Lipinski definition) is 1. The molecular weight excluding hydrogens is 374 g/mol. The van der Waals surface area contributed by atoms with Crippen molar-refractivity contribution in [1.82, 2.24) is 15.1 Å². The lowest BCUT2D eigenvalue weighted by Crippen LogP contribution is -2.46. The van der Waals surface area contributed by atoms with Crippen molar-refractivity contribution in [2.45, 2.75) is 52.1 Å². The Hall–Kier alpha value is -3.03. The highest BCUT2D eigenvalue weighted by Gasteiger charge is 2.49. The van der Waals surface area contributed by atoms with Crippen LogP contribution in [-0.2, 0) is 20.9 Å². The number of rotatable bonds is 6. The van der Waals surface area contributed by atoms with Crippen LogP contribution in [-0.4, -0.2) is 51.9 Å². The minimum Gasteiger partial charge on any atom is -0.352 e. The summed E-state index contributed by atoms with van der Waals surface area (Å²) in [6.45, 7) is 3.27. The molecule has 0 spiro atoms. The van der Waals surface area contributed by atoms with E-state index in [0.717, 1.165) is 34.6 Å². The molecule has 2 fully saturated rings. The van der Waals surface area contributed by atoms with Crippen LogP contribution in [0.1, 0.15) is 55.5 Å². The number of nitrogens with one attached hydrogen (secondary N) is 1. The van der Waals surface area contributed by atoms with Crippen LogP contribution in [0.4, 0.5) is 4.79 Å². The largest absolute Gasteiger partial charge is 0.352 e. The van der Waals surface area contributed by atoms with Gasteiger partial charge in [-0.05, 0) is 24.3 Å². The van der Waals surface area contributed by atoms with Crippen LogP contribution < -0.4 is 5.32 Å². The maximum Gasteiger partial charge on any atom is 0.334 e. The quantitative estimate of drug-likeness (QED) is 0.447. The van der Waals surface area contributed by atoms with Gasteiger partial charge in [0.2, 0.25) is 5.91 Å². The van der Waals surface area contributed by atoms with Gasteiger partial charge in [-0.15, -0.1) is 0 Å². The lowest BCUT2D eigenvalue weighted by Gasteiger charge is -2.34. The molecule has 8 heteroatoms. The summed E-state index contributed by atoms with van der Waals surface area (Å²) in [5.74, 6) is -2.23. The fraction of sp³-hybridized carbons (Fsp3) is 0.476. The Kier molecular flexibility index (Phi) is 6.10. The van der Waals surface area contributed by atoms with E-state index >= 15 is 0 Å². The maximum atomic E-state index is 12.8. The third kappa shape index (κ3) is 4.36. The highest BCUT2D eigenvalue weighted by molar-refractivity contribution is 6.45. The Morgan fingerprint density at radius 1 is 1.03 bits per heavy atom. The van der Waals surface area contributed by atoms with E-state index in [4.69, 9.17) is 0 Å². The Labute approximate surface area is 169 Å². The summed E-state index contributed by atoms with van der Waals surface area (Å²) >= 11 is 0. The van der Waals surface area contributed by atoms with Gasteiger partial charge in [-0.2, -0.15) is 0 Å². The summed E-state index contributed by atoms with van der Waals surface area (Å²) < 4.78 is 0. The van der Waals surface area contributed by atoms with E-state index in [1.165, 1.54) is 6.92 Å². The molecule has 0 unspecified atom stereocenters. The Balaban J connectivity index is 1.68. The van der Waals surface area contributed by atoms with E-state index in [0.29, 0.717) is 18.5 Å². The third-order valence-corrected chi connectivity index (χ3v) is 5.60. The number of urea groups is 1. The summed E-state index contributed by atoms with van der Waals surface area (Å²) in [7, 11) is 0. The summed E-state index contributed by atoms with van der Waals surface area (Å²) in [6.07, 6.45) is 3.54. The molecule has 1 saturated carbocycles. The van der Waals surface area contributed by atoms with E-state index in [2.05, 4.69) is 5.32 Å². The molecule has 5 amide bonds. The molecule has 1 saturated heterocycles. The van der Waals surface area contributed by atoms with Crippen LogP contribution >= 0.6 is 0 Å². The predicted molar refractivity (Wildman–Crippen MR) is 104 cm³/mol. The van der Waals surface area contributed by atoms with Crippen molar-refractivity contribution in [2.75, 3.05) is 6.54 Å². The highest BCUT2D eigenvalue weighted by Crippen LogP contribution is 2.31. The SMILES string of the molecule is CC(=O)NCc1ccc(C(=O)CN2C(=O)C(=O)N([C@@H]3CCCC[C@@H]3C)C2=O)cc1. The molecular formula is C21H25N3O5. The summed E-state index contributed by atoms with van der Waals surface area (Å²) in [4.78, 5) is 62.9. The van der Waals surface area contributed by atoms with Crippen molar-refractivity contribution in [3.8, 4) is 0 Å². The van der Waals surface area contributed by atoms with Crippen molar-refractivity contribution < 1.29 is 24.0 Å². The number of ketones is 1. The van der Waals surface area contributed by atoms with E-state index < -0.39 is 30.2 Å². The van der Waals surface area contributed by atoms with Gasteiger partial charge in [0.05, 0.1) is 6.54 Å². The number of carbonyl (C=O) groups is 5. The second-order valence-electron chi connectivity index (χ2n) is 7.71. The standard InChI is InChI=1S/C21H25N3O5/c1-13-5-3-4-6-17(13)24-20(28)19(27)23(21(24)29)12-18(26)16-9-7-15(8-10-16)11-22-14(2)25/h7-10,13,17H,3-6,11-12H2,1-2H3,(H,22,25)/t13-,17+/m0/s1. The van der Waals surface area contributed by atoms with Gasteiger partial charge in [0.25, 0.3) is 0 Å². The van der Waals surface area contributed by atoms with Crippen LogP contribution in [0.3, 0.4) is 0 Å². The number of hydrogen-bond acceptors (Lipinski definition) is 5. The Morgan fingerprint density at radius 3 is 2.31 bits per heavy atom. The normalized spacial score (nSPS) is 22.2. The van der Waals surface area contributed by atoms with Gasteiger partial charge in [0.1, 0.15) is 0 Å². The van der Waals surface area contributed by atoms with Gasteiger partial charge in [-0.25, -0.2) is 9.69 Å².